The Kier molecular flexibility index (Phi) is 8.42. The predicted octanol–water partition coefficient (Wildman–Crippen LogP) is -0.386. The van der Waals surface area contributed by atoms with E-state index in [0.29, 0.717) is 5.70 Å². The van der Waals surface area contributed by atoms with Crippen molar-refractivity contribution in [3.05, 3.63) is 49.2 Å². The normalized spacial score (nSPS) is 16.1. The summed E-state index contributed by atoms with van der Waals surface area (Å²) in [5, 5.41) is 9.17. The van der Waals surface area contributed by atoms with Crippen molar-refractivity contribution in [2.75, 3.05) is 13.2 Å². The first-order chi connectivity index (χ1) is 12.7. The lowest BCUT2D eigenvalue weighted by Crippen LogP contribution is -2.46. The highest BCUT2D eigenvalue weighted by Crippen LogP contribution is 2.13. The Labute approximate surface area is 156 Å². The molecule has 0 spiro atoms. The summed E-state index contributed by atoms with van der Waals surface area (Å²) < 4.78 is 32.2. The SMILES string of the molecule is C=CC(=O)OCC(COC(=O)C=C)NC(=O)NC1=CCC(S(N)(=O)=O)C=C1. The van der Waals surface area contributed by atoms with Crippen molar-refractivity contribution in [1.82, 2.24) is 10.6 Å². The monoisotopic (exact) mass is 399 g/mol. The van der Waals surface area contributed by atoms with Crippen LogP contribution in [0, 0.1) is 0 Å². The zero-order chi connectivity index (χ0) is 20.4. The molecule has 0 bridgehead atoms. The lowest BCUT2D eigenvalue weighted by molar-refractivity contribution is -0.141. The van der Waals surface area contributed by atoms with E-state index in [-0.39, 0.29) is 19.6 Å². The summed E-state index contributed by atoms with van der Waals surface area (Å²) in [5.74, 6) is -1.41. The van der Waals surface area contributed by atoms with Gasteiger partial charge in [0.2, 0.25) is 10.0 Å². The number of rotatable bonds is 9. The van der Waals surface area contributed by atoms with Crippen LogP contribution in [0.15, 0.2) is 49.2 Å². The Hall–Kier alpha value is -2.92. The standard InChI is InChI=1S/C16H21N3O7S/c1-3-14(20)25-9-12(10-26-15(21)4-2)19-16(22)18-11-5-7-13(8-6-11)27(17,23)24/h3-7,12-13H,1-2,8-10H2,(H2,17,23,24)(H2,18,19,22). The smallest absolute Gasteiger partial charge is 0.330 e. The zero-order valence-corrected chi connectivity index (χ0v) is 15.2. The number of carbonyl (C=O) groups excluding carboxylic acids is 3. The topological polar surface area (TPSA) is 154 Å². The highest BCUT2D eigenvalue weighted by molar-refractivity contribution is 7.89. The van der Waals surface area contributed by atoms with Gasteiger partial charge in [0.25, 0.3) is 0 Å². The maximum absolute atomic E-state index is 12.1. The summed E-state index contributed by atoms with van der Waals surface area (Å²) >= 11 is 0. The van der Waals surface area contributed by atoms with E-state index in [9.17, 15) is 22.8 Å². The van der Waals surface area contributed by atoms with Gasteiger partial charge in [0.1, 0.15) is 13.2 Å². The van der Waals surface area contributed by atoms with Crippen LogP contribution in [-0.4, -0.2) is 50.9 Å². The number of carbonyl (C=O) groups is 3. The van der Waals surface area contributed by atoms with Crippen LogP contribution in [0.2, 0.25) is 0 Å². The Bertz CT molecular complexity index is 747. The Morgan fingerprint density at radius 2 is 1.78 bits per heavy atom. The molecule has 0 aliphatic heterocycles. The molecular formula is C16H21N3O7S. The number of hydrogen-bond donors (Lipinski definition) is 3. The quantitative estimate of drug-likeness (QED) is 0.352. The van der Waals surface area contributed by atoms with E-state index in [4.69, 9.17) is 14.6 Å². The van der Waals surface area contributed by atoms with Crippen LogP contribution in [0.4, 0.5) is 4.79 Å². The average molecular weight is 399 g/mol. The molecule has 27 heavy (non-hydrogen) atoms. The van der Waals surface area contributed by atoms with Crippen LogP contribution in [-0.2, 0) is 29.1 Å². The summed E-state index contributed by atoms with van der Waals surface area (Å²) in [6.07, 6.45) is 6.28. The van der Waals surface area contributed by atoms with Gasteiger partial charge >= 0.3 is 18.0 Å². The molecule has 1 atom stereocenters. The Balaban J connectivity index is 2.61. The maximum Gasteiger partial charge on any atom is 0.330 e. The number of allylic oxidation sites excluding steroid dienone is 2. The zero-order valence-electron chi connectivity index (χ0n) is 14.4. The fourth-order valence-corrected chi connectivity index (χ4v) is 2.57. The second kappa shape index (κ2) is 10.3. The van der Waals surface area contributed by atoms with Gasteiger partial charge in [-0.2, -0.15) is 0 Å². The van der Waals surface area contributed by atoms with Crippen molar-refractivity contribution >= 4 is 28.0 Å². The lowest BCUT2D eigenvalue weighted by Gasteiger charge is -2.20. The molecule has 0 radical (unpaired) electrons. The van der Waals surface area contributed by atoms with E-state index in [1.807, 2.05) is 0 Å². The van der Waals surface area contributed by atoms with Crippen LogP contribution in [0.25, 0.3) is 0 Å². The van der Waals surface area contributed by atoms with Crippen LogP contribution in [0.5, 0.6) is 0 Å². The van der Waals surface area contributed by atoms with E-state index >= 15 is 0 Å². The van der Waals surface area contributed by atoms with Crippen molar-refractivity contribution in [3.63, 3.8) is 0 Å². The molecule has 1 rings (SSSR count). The molecule has 0 aromatic heterocycles. The number of ether oxygens (including phenoxy) is 2. The lowest BCUT2D eigenvalue weighted by atomic mass is 10.1. The second-order valence-electron chi connectivity index (χ2n) is 5.35. The number of amides is 2. The number of sulfonamides is 1. The van der Waals surface area contributed by atoms with E-state index < -0.39 is 39.3 Å². The first-order valence-corrected chi connectivity index (χ1v) is 9.32. The summed E-state index contributed by atoms with van der Waals surface area (Å²) in [6.45, 7) is 5.98. The molecule has 0 saturated heterocycles. The average Bonchev–Trinajstić information content (AvgIpc) is 2.62. The molecule has 1 aliphatic rings. The van der Waals surface area contributed by atoms with Gasteiger partial charge in [0.15, 0.2) is 0 Å². The van der Waals surface area contributed by atoms with E-state index in [1.165, 1.54) is 18.2 Å². The minimum atomic E-state index is -3.71. The van der Waals surface area contributed by atoms with Gasteiger partial charge in [0, 0.05) is 17.8 Å². The fourth-order valence-electron chi connectivity index (χ4n) is 1.90. The van der Waals surface area contributed by atoms with E-state index in [2.05, 4.69) is 23.8 Å². The van der Waals surface area contributed by atoms with Gasteiger partial charge in [-0.15, -0.1) is 0 Å². The molecule has 10 nitrogen and oxygen atoms in total. The summed E-state index contributed by atoms with van der Waals surface area (Å²) in [4.78, 5) is 34.4. The molecule has 2 amide bonds. The Morgan fingerprint density at radius 3 is 2.19 bits per heavy atom. The summed E-state index contributed by atoms with van der Waals surface area (Å²) in [7, 11) is -3.71. The van der Waals surface area contributed by atoms with Gasteiger partial charge in [-0.25, -0.2) is 27.9 Å². The van der Waals surface area contributed by atoms with Gasteiger partial charge in [-0.1, -0.05) is 25.3 Å². The molecule has 11 heteroatoms. The van der Waals surface area contributed by atoms with Crippen molar-refractivity contribution in [3.8, 4) is 0 Å². The van der Waals surface area contributed by atoms with Crippen LogP contribution < -0.4 is 15.8 Å². The van der Waals surface area contributed by atoms with Crippen molar-refractivity contribution in [2.45, 2.75) is 17.7 Å². The molecule has 0 heterocycles. The molecule has 148 valence electrons. The molecule has 0 aromatic rings. The molecule has 0 fully saturated rings. The predicted molar refractivity (Wildman–Crippen MR) is 96.5 cm³/mol. The van der Waals surface area contributed by atoms with Crippen LogP contribution >= 0.6 is 0 Å². The highest BCUT2D eigenvalue weighted by Gasteiger charge is 2.21. The third-order valence-electron chi connectivity index (χ3n) is 3.26. The number of primary sulfonamides is 1. The number of urea groups is 1. The molecule has 1 unspecified atom stereocenters. The third-order valence-corrected chi connectivity index (χ3v) is 4.46. The minimum absolute atomic E-state index is 0.113. The number of esters is 2. The first kappa shape index (κ1) is 22.1. The van der Waals surface area contributed by atoms with E-state index in [0.717, 1.165) is 12.2 Å². The summed E-state index contributed by atoms with van der Waals surface area (Å²) in [6, 6.07) is -1.50. The molecular weight excluding hydrogens is 378 g/mol. The largest absolute Gasteiger partial charge is 0.460 e. The second-order valence-corrected chi connectivity index (χ2v) is 7.13. The maximum atomic E-state index is 12.1. The highest BCUT2D eigenvalue weighted by atomic mass is 32.2. The Morgan fingerprint density at radius 1 is 1.22 bits per heavy atom. The first-order valence-electron chi connectivity index (χ1n) is 7.71. The van der Waals surface area contributed by atoms with Crippen molar-refractivity contribution < 1.29 is 32.3 Å². The summed E-state index contributed by atoms with van der Waals surface area (Å²) in [5.41, 5.74) is 0.359. The molecule has 1 aliphatic carbocycles. The van der Waals surface area contributed by atoms with Crippen molar-refractivity contribution in [1.29, 1.82) is 0 Å². The molecule has 0 saturated carbocycles. The molecule has 4 N–H and O–H groups in total. The number of nitrogens with two attached hydrogens (primary N) is 1. The fraction of sp³-hybridized carbons (Fsp3) is 0.312. The number of hydrogen-bond acceptors (Lipinski definition) is 7. The van der Waals surface area contributed by atoms with Gasteiger partial charge in [-0.05, 0) is 12.5 Å². The minimum Gasteiger partial charge on any atom is -0.460 e. The van der Waals surface area contributed by atoms with Crippen LogP contribution in [0.3, 0.4) is 0 Å². The number of nitrogens with one attached hydrogen (secondary N) is 2. The van der Waals surface area contributed by atoms with E-state index in [1.54, 1.807) is 0 Å². The van der Waals surface area contributed by atoms with Gasteiger partial charge in [-0.3, -0.25) is 0 Å². The third kappa shape index (κ3) is 8.33. The van der Waals surface area contributed by atoms with Crippen molar-refractivity contribution in [2.24, 2.45) is 5.14 Å². The molecule has 0 aromatic carbocycles. The van der Waals surface area contributed by atoms with Crippen LogP contribution in [0.1, 0.15) is 6.42 Å². The van der Waals surface area contributed by atoms with Gasteiger partial charge in [0.05, 0.1) is 11.3 Å². The van der Waals surface area contributed by atoms with Gasteiger partial charge < -0.3 is 20.1 Å².